The lowest BCUT2D eigenvalue weighted by atomic mass is 9.81. The zero-order valence-corrected chi connectivity index (χ0v) is 17.6. The second-order valence-corrected chi connectivity index (χ2v) is 9.25. The van der Waals surface area contributed by atoms with Crippen molar-refractivity contribution in [1.82, 2.24) is 10.2 Å². The Morgan fingerprint density at radius 3 is 2.52 bits per heavy atom. The van der Waals surface area contributed by atoms with E-state index >= 15 is 0 Å². The molecule has 27 heavy (non-hydrogen) atoms. The van der Waals surface area contributed by atoms with E-state index in [1.165, 1.54) is 42.5 Å². The minimum Gasteiger partial charge on any atom is -0.360 e. The number of thiophene rings is 1. The molecule has 1 aromatic heterocycles. The summed E-state index contributed by atoms with van der Waals surface area (Å²) in [5.74, 6) is 0. The lowest BCUT2D eigenvalue weighted by molar-refractivity contribution is 0.0220. The summed E-state index contributed by atoms with van der Waals surface area (Å²) in [6.45, 7) is 3.29. The third kappa shape index (κ3) is 4.71. The van der Waals surface area contributed by atoms with Gasteiger partial charge in [0.25, 0.3) is 0 Å². The van der Waals surface area contributed by atoms with E-state index < -0.39 is 0 Å². The van der Waals surface area contributed by atoms with Crippen LogP contribution in [0.4, 0.5) is 5.69 Å². The maximum atomic E-state index is 5.60. The number of piperidine rings is 2. The number of rotatable bonds is 5. The zero-order valence-electron chi connectivity index (χ0n) is 16.0. The fraction of sp³-hybridized carbons (Fsp3) is 0.500. The lowest BCUT2D eigenvalue weighted by Gasteiger charge is -2.49. The fourth-order valence-electron chi connectivity index (χ4n) is 4.61. The largest absolute Gasteiger partial charge is 0.360 e. The van der Waals surface area contributed by atoms with Crippen LogP contribution in [-0.2, 0) is 13.0 Å². The number of aryl methyl sites for hydroxylation is 1. The average molecular weight is 400 g/mol. The van der Waals surface area contributed by atoms with E-state index in [4.69, 9.17) is 12.2 Å². The Hall–Kier alpha value is -1.43. The van der Waals surface area contributed by atoms with E-state index in [1.807, 2.05) is 11.3 Å². The van der Waals surface area contributed by atoms with Crippen LogP contribution >= 0.6 is 23.6 Å². The van der Waals surface area contributed by atoms with E-state index in [0.717, 1.165) is 23.8 Å². The van der Waals surface area contributed by atoms with Gasteiger partial charge in [0.15, 0.2) is 5.11 Å². The molecule has 5 heteroatoms. The highest BCUT2D eigenvalue weighted by Crippen LogP contribution is 2.35. The summed E-state index contributed by atoms with van der Waals surface area (Å²) in [6, 6.07) is 14.9. The first-order valence-corrected chi connectivity index (χ1v) is 11.4. The van der Waals surface area contributed by atoms with Gasteiger partial charge in [0.1, 0.15) is 0 Å². The molecule has 3 heterocycles. The van der Waals surface area contributed by atoms with Crippen LogP contribution in [0.5, 0.6) is 0 Å². The third-order valence-corrected chi connectivity index (χ3v) is 7.08. The van der Waals surface area contributed by atoms with Gasteiger partial charge < -0.3 is 10.6 Å². The number of thiocarbonyl (C=S) groups is 1. The highest BCUT2D eigenvalue weighted by molar-refractivity contribution is 7.80. The highest BCUT2D eigenvalue weighted by atomic mass is 32.1. The van der Waals surface area contributed by atoms with E-state index in [-0.39, 0.29) is 0 Å². The molecule has 2 aliphatic heterocycles. The molecule has 4 rings (SSSR count). The molecule has 0 saturated carbocycles. The van der Waals surface area contributed by atoms with E-state index in [2.05, 4.69) is 64.2 Å². The smallest absolute Gasteiger partial charge is 0.170 e. The predicted octanol–water partition coefficient (Wildman–Crippen LogP) is 5.18. The molecule has 2 N–H and O–H groups in total. The Morgan fingerprint density at radius 2 is 1.89 bits per heavy atom. The summed E-state index contributed by atoms with van der Waals surface area (Å²) >= 11 is 7.48. The zero-order chi connectivity index (χ0) is 18.6. The van der Waals surface area contributed by atoms with Gasteiger partial charge in [0.05, 0.1) is 0 Å². The monoisotopic (exact) mass is 399 g/mol. The summed E-state index contributed by atoms with van der Waals surface area (Å²) in [4.78, 5) is 4.25. The van der Waals surface area contributed by atoms with E-state index in [9.17, 15) is 0 Å². The minimum absolute atomic E-state index is 0.481. The van der Waals surface area contributed by atoms with Crippen LogP contribution in [-0.4, -0.2) is 28.1 Å². The van der Waals surface area contributed by atoms with Gasteiger partial charge in [-0.25, -0.2) is 0 Å². The first-order valence-electron chi connectivity index (χ1n) is 10.2. The van der Waals surface area contributed by atoms with Crippen LogP contribution in [0.15, 0.2) is 41.8 Å². The van der Waals surface area contributed by atoms with Crippen LogP contribution in [0.2, 0.25) is 0 Å². The molecular weight excluding hydrogens is 370 g/mol. The Kier molecular flexibility index (Phi) is 6.11. The van der Waals surface area contributed by atoms with Crippen LogP contribution in [0.1, 0.15) is 49.5 Å². The molecule has 0 amide bonds. The van der Waals surface area contributed by atoms with Gasteiger partial charge in [-0.2, -0.15) is 0 Å². The van der Waals surface area contributed by atoms with Gasteiger partial charge in [-0.3, -0.25) is 4.90 Å². The molecule has 2 aliphatic rings. The van der Waals surface area contributed by atoms with Crippen molar-refractivity contribution >= 4 is 34.4 Å². The molecule has 2 aromatic rings. The Morgan fingerprint density at radius 1 is 1.15 bits per heavy atom. The van der Waals surface area contributed by atoms with Gasteiger partial charge in [-0.1, -0.05) is 31.5 Å². The maximum Gasteiger partial charge on any atom is 0.170 e. The first kappa shape index (κ1) is 18.9. The second kappa shape index (κ2) is 8.72. The molecule has 1 aromatic carbocycles. The molecule has 144 valence electrons. The molecular formula is C22H29N3S2. The lowest BCUT2D eigenvalue weighted by Crippen LogP contribution is -2.56. The number of nitrogens with zero attached hydrogens (tertiary/aromatic N) is 1. The second-order valence-electron chi connectivity index (χ2n) is 7.81. The molecule has 2 atom stereocenters. The number of benzene rings is 1. The fourth-order valence-corrected chi connectivity index (χ4v) is 5.61. The summed E-state index contributed by atoms with van der Waals surface area (Å²) in [5.41, 5.74) is 2.42. The molecule has 2 bridgehead atoms. The van der Waals surface area contributed by atoms with Gasteiger partial charge in [-0.15, -0.1) is 11.3 Å². The molecule has 0 unspecified atom stereocenters. The SMILES string of the molecule is CCc1ccc(NC(=S)NC2C[C@@H]3CCC[C@@H](C2)N3Cc2cccs2)cc1. The minimum atomic E-state index is 0.481. The Balaban J connectivity index is 1.33. The van der Waals surface area contributed by atoms with E-state index in [0.29, 0.717) is 18.1 Å². The summed E-state index contributed by atoms with van der Waals surface area (Å²) in [5, 5.41) is 9.91. The number of fused-ring (bicyclic) bond motifs is 2. The molecule has 0 spiro atoms. The molecule has 0 aliphatic carbocycles. The summed E-state index contributed by atoms with van der Waals surface area (Å²) in [7, 11) is 0. The molecule has 0 radical (unpaired) electrons. The van der Waals surface area contributed by atoms with Crippen molar-refractivity contribution in [1.29, 1.82) is 0 Å². The van der Waals surface area contributed by atoms with Crippen molar-refractivity contribution in [2.45, 2.75) is 70.1 Å². The Labute approximate surface area is 172 Å². The summed E-state index contributed by atoms with van der Waals surface area (Å²) in [6.07, 6.45) is 7.46. The third-order valence-electron chi connectivity index (χ3n) is 6.00. The van der Waals surface area contributed by atoms with E-state index in [1.54, 1.807) is 0 Å². The van der Waals surface area contributed by atoms with Gasteiger partial charge >= 0.3 is 0 Å². The average Bonchev–Trinajstić information content (AvgIpc) is 3.16. The molecule has 2 fully saturated rings. The van der Waals surface area contributed by atoms with Gasteiger partial charge in [0.2, 0.25) is 0 Å². The first-order chi connectivity index (χ1) is 13.2. The van der Waals surface area contributed by atoms with Crippen LogP contribution < -0.4 is 10.6 Å². The normalized spacial score (nSPS) is 25.1. The van der Waals surface area contributed by atoms with Crippen LogP contribution in [0.25, 0.3) is 0 Å². The van der Waals surface area contributed by atoms with Gasteiger partial charge in [0, 0.05) is 35.2 Å². The van der Waals surface area contributed by atoms with Crippen LogP contribution in [0, 0.1) is 0 Å². The molecule has 2 saturated heterocycles. The van der Waals surface area contributed by atoms with Crippen molar-refractivity contribution in [2.24, 2.45) is 0 Å². The number of hydrogen-bond acceptors (Lipinski definition) is 3. The number of hydrogen-bond donors (Lipinski definition) is 2. The quantitative estimate of drug-likeness (QED) is 0.677. The Bertz CT molecular complexity index is 727. The van der Waals surface area contributed by atoms with Crippen molar-refractivity contribution in [3.05, 3.63) is 52.2 Å². The number of nitrogens with one attached hydrogen (secondary N) is 2. The molecule has 3 nitrogen and oxygen atoms in total. The topological polar surface area (TPSA) is 27.3 Å². The summed E-state index contributed by atoms with van der Waals surface area (Å²) < 4.78 is 0. The van der Waals surface area contributed by atoms with Crippen LogP contribution in [0.3, 0.4) is 0 Å². The van der Waals surface area contributed by atoms with Crippen molar-refractivity contribution in [2.75, 3.05) is 5.32 Å². The number of anilines is 1. The maximum absolute atomic E-state index is 5.60. The van der Waals surface area contributed by atoms with Gasteiger partial charge in [-0.05, 0) is 73.5 Å². The van der Waals surface area contributed by atoms with Crippen molar-refractivity contribution in [3.8, 4) is 0 Å². The van der Waals surface area contributed by atoms with Crippen molar-refractivity contribution < 1.29 is 0 Å². The predicted molar refractivity (Wildman–Crippen MR) is 119 cm³/mol. The highest BCUT2D eigenvalue weighted by Gasteiger charge is 2.38. The van der Waals surface area contributed by atoms with Crippen molar-refractivity contribution in [3.63, 3.8) is 0 Å². The standard InChI is InChI=1S/C22H29N3S2/c1-2-16-8-10-17(11-9-16)23-22(26)24-18-13-19-5-3-6-20(14-18)25(19)15-21-7-4-12-27-21/h4,7-12,18-20H,2-3,5-6,13-15H2,1H3,(H2,23,24,26)/t19-,20-/m0/s1.